The van der Waals surface area contributed by atoms with Crippen molar-refractivity contribution in [1.29, 1.82) is 0 Å². The number of nitrogens with one attached hydrogen (secondary N) is 1. The van der Waals surface area contributed by atoms with Gasteiger partial charge in [0, 0.05) is 31.0 Å². The van der Waals surface area contributed by atoms with Crippen molar-refractivity contribution in [3.63, 3.8) is 0 Å². The van der Waals surface area contributed by atoms with Crippen molar-refractivity contribution in [3.8, 4) is 0 Å². The van der Waals surface area contributed by atoms with Crippen molar-refractivity contribution in [2.45, 2.75) is 33.4 Å². The van der Waals surface area contributed by atoms with Gasteiger partial charge in [0.1, 0.15) is 0 Å². The van der Waals surface area contributed by atoms with E-state index in [0.717, 1.165) is 22.6 Å². The Bertz CT molecular complexity index is 665. The molecule has 1 N–H and O–H groups in total. The highest BCUT2D eigenvalue weighted by Crippen LogP contribution is 2.20. The third-order valence-electron chi connectivity index (χ3n) is 3.95. The van der Waals surface area contributed by atoms with Crippen LogP contribution in [-0.2, 0) is 18.4 Å². The van der Waals surface area contributed by atoms with Crippen LogP contribution in [0.15, 0.2) is 24.4 Å². The molecule has 23 heavy (non-hydrogen) atoms. The highest BCUT2D eigenvalue weighted by atomic mass is 16.2. The first-order valence-corrected chi connectivity index (χ1v) is 7.76. The van der Waals surface area contributed by atoms with Gasteiger partial charge in [0.05, 0.1) is 24.0 Å². The van der Waals surface area contributed by atoms with Gasteiger partial charge in [0.2, 0.25) is 5.91 Å². The monoisotopic (exact) mass is 315 g/mol. The number of rotatable bonds is 6. The lowest BCUT2D eigenvalue weighted by Crippen LogP contribution is -2.36. The van der Waals surface area contributed by atoms with Gasteiger partial charge in [-0.1, -0.05) is 6.07 Å². The zero-order valence-electron chi connectivity index (χ0n) is 14.5. The highest BCUT2D eigenvalue weighted by molar-refractivity contribution is 5.78. The Labute approximate surface area is 137 Å². The van der Waals surface area contributed by atoms with Crippen LogP contribution < -0.4 is 5.32 Å². The molecule has 0 aromatic carbocycles. The standard InChI is InChI=1S/C17H25N5O/c1-12(17-13(2)20-22(5)14(17)3)19-16(23)11-21(4)10-15-8-6-7-9-18-15/h6-9,12H,10-11H2,1-5H3,(H,19,23)/t12-/m0/s1. The van der Waals surface area contributed by atoms with E-state index in [1.54, 1.807) is 6.20 Å². The van der Waals surface area contributed by atoms with Crippen LogP contribution in [0.3, 0.4) is 0 Å². The van der Waals surface area contributed by atoms with E-state index in [1.807, 2.05) is 62.6 Å². The SMILES string of the molecule is Cc1nn(C)c(C)c1[C@H](C)NC(=O)CN(C)Cc1ccccn1. The van der Waals surface area contributed by atoms with Gasteiger partial charge in [-0.15, -0.1) is 0 Å². The molecule has 2 rings (SSSR count). The molecule has 6 heteroatoms. The topological polar surface area (TPSA) is 63.1 Å². The molecule has 0 unspecified atom stereocenters. The number of hydrogen-bond donors (Lipinski definition) is 1. The van der Waals surface area contributed by atoms with Crippen LogP contribution in [0.25, 0.3) is 0 Å². The lowest BCUT2D eigenvalue weighted by Gasteiger charge is -2.19. The summed E-state index contributed by atoms with van der Waals surface area (Å²) < 4.78 is 1.85. The fourth-order valence-electron chi connectivity index (χ4n) is 2.85. The predicted molar refractivity (Wildman–Crippen MR) is 89.8 cm³/mol. The first-order valence-electron chi connectivity index (χ1n) is 7.76. The van der Waals surface area contributed by atoms with E-state index < -0.39 is 0 Å². The van der Waals surface area contributed by atoms with Crippen molar-refractivity contribution in [3.05, 3.63) is 47.0 Å². The molecule has 0 spiro atoms. The van der Waals surface area contributed by atoms with Gasteiger partial charge in [0.25, 0.3) is 0 Å². The molecule has 0 saturated carbocycles. The minimum atomic E-state index is -0.0561. The largest absolute Gasteiger partial charge is 0.348 e. The summed E-state index contributed by atoms with van der Waals surface area (Å²) in [5.74, 6) is -0.00131. The first-order chi connectivity index (χ1) is 10.9. The van der Waals surface area contributed by atoms with E-state index in [0.29, 0.717) is 13.1 Å². The minimum Gasteiger partial charge on any atom is -0.348 e. The molecule has 0 bridgehead atoms. The number of pyridine rings is 1. The smallest absolute Gasteiger partial charge is 0.234 e. The average Bonchev–Trinajstić information content (AvgIpc) is 2.72. The third kappa shape index (κ3) is 4.39. The van der Waals surface area contributed by atoms with Crippen LogP contribution in [0, 0.1) is 13.8 Å². The summed E-state index contributed by atoms with van der Waals surface area (Å²) in [6, 6.07) is 5.74. The molecule has 1 atom stereocenters. The Hall–Kier alpha value is -2.21. The third-order valence-corrected chi connectivity index (χ3v) is 3.95. The Morgan fingerprint density at radius 1 is 1.39 bits per heavy atom. The van der Waals surface area contributed by atoms with Crippen molar-refractivity contribution in [1.82, 2.24) is 25.0 Å². The first kappa shape index (κ1) is 17.1. The van der Waals surface area contributed by atoms with Crippen LogP contribution >= 0.6 is 0 Å². The van der Waals surface area contributed by atoms with Crippen molar-refractivity contribution < 1.29 is 4.79 Å². The molecule has 0 aliphatic heterocycles. The summed E-state index contributed by atoms with van der Waals surface area (Å²) in [5.41, 5.74) is 4.08. The molecule has 0 aliphatic rings. The van der Waals surface area contributed by atoms with Crippen LogP contribution in [0.4, 0.5) is 0 Å². The molecule has 0 radical (unpaired) electrons. The van der Waals surface area contributed by atoms with Gasteiger partial charge < -0.3 is 5.32 Å². The number of aryl methyl sites for hydroxylation is 2. The van der Waals surface area contributed by atoms with E-state index in [9.17, 15) is 4.79 Å². The Morgan fingerprint density at radius 2 is 2.13 bits per heavy atom. The summed E-state index contributed by atoms with van der Waals surface area (Å²) in [5, 5.41) is 7.46. The van der Waals surface area contributed by atoms with Gasteiger partial charge in [-0.3, -0.25) is 19.4 Å². The molecule has 1 amide bonds. The zero-order valence-corrected chi connectivity index (χ0v) is 14.5. The van der Waals surface area contributed by atoms with Gasteiger partial charge in [0.15, 0.2) is 0 Å². The van der Waals surface area contributed by atoms with Crippen LogP contribution in [0.2, 0.25) is 0 Å². The lowest BCUT2D eigenvalue weighted by molar-refractivity contribution is -0.122. The molecule has 0 fully saturated rings. The zero-order chi connectivity index (χ0) is 17.0. The normalized spacial score (nSPS) is 12.4. The van der Waals surface area contributed by atoms with Gasteiger partial charge in [-0.25, -0.2) is 0 Å². The Balaban J connectivity index is 1.91. The van der Waals surface area contributed by atoms with Crippen LogP contribution in [-0.4, -0.2) is 39.2 Å². The summed E-state index contributed by atoms with van der Waals surface area (Å²) in [4.78, 5) is 18.5. The number of carbonyl (C=O) groups is 1. The average molecular weight is 315 g/mol. The fraction of sp³-hybridized carbons (Fsp3) is 0.471. The maximum absolute atomic E-state index is 12.3. The summed E-state index contributed by atoms with van der Waals surface area (Å²) in [6.45, 7) is 6.96. The minimum absolute atomic E-state index is 0.00131. The predicted octanol–water partition coefficient (Wildman–Crippen LogP) is 1.74. The van der Waals surface area contributed by atoms with Crippen LogP contribution in [0.1, 0.15) is 35.6 Å². The number of amides is 1. The Morgan fingerprint density at radius 3 is 2.70 bits per heavy atom. The van der Waals surface area contributed by atoms with Gasteiger partial charge >= 0.3 is 0 Å². The second kappa shape index (κ2) is 7.37. The number of hydrogen-bond acceptors (Lipinski definition) is 4. The summed E-state index contributed by atoms with van der Waals surface area (Å²) in [7, 11) is 3.83. The highest BCUT2D eigenvalue weighted by Gasteiger charge is 2.18. The molecule has 0 saturated heterocycles. The lowest BCUT2D eigenvalue weighted by atomic mass is 10.1. The van der Waals surface area contributed by atoms with Gasteiger partial charge in [-0.2, -0.15) is 5.10 Å². The maximum atomic E-state index is 12.3. The number of aromatic nitrogens is 3. The quantitative estimate of drug-likeness (QED) is 0.882. The van der Waals surface area contributed by atoms with Crippen molar-refractivity contribution >= 4 is 5.91 Å². The number of carbonyl (C=O) groups excluding carboxylic acids is 1. The second-order valence-corrected chi connectivity index (χ2v) is 5.99. The molecule has 124 valence electrons. The summed E-state index contributed by atoms with van der Waals surface area (Å²) >= 11 is 0. The molecule has 2 aromatic rings. The molecule has 0 aliphatic carbocycles. The van der Waals surface area contributed by atoms with Gasteiger partial charge in [-0.05, 0) is 40.0 Å². The van der Waals surface area contributed by atoms with E-state index in [1.165, 1.54) is 0 Å². The second-order valence-electron chi connectivity index (χ2n) is 5.99. The molecular formula is C17H25N5O. The molecule has 6 nitrogen and oxygen atoms in total. The number of likely N-dealkylation sites (N-methyl/N-ethyl adjacent to an activating group) is 1. The fourth-order valence-corrected chi connectivity index (χ4v) is 2.85. The van der Waals surface area contributed by atoms with Crippen LogP contribution in [0.5, 0.6) is 0 Å². The molecule has 2 aromatic heterocycles. The molecular weight excluding hydrogens is 290 g/mol. The Kier molecular flexibility index (Phi) is 5.50. The number of nitrogens with zero attached hydrogens (tertiary/aromatic N) is 4. The van der Waals surface area contributed by atoms with E-state index >= 15 is 0 Å². The van der Waals surface area contributed by atoms with E-state index in [-0.39, 0.29) is 11.9 Å². The summed E-state index contributed by atoms with van der Waals surface area (Å²) in [6.07, 6.45) is 1.76. The van der Waals surface area contributed by atoms with Crippen molar-refractivity contribution in [2.75, 3.05) is 13.6 Å². The van der Waals surface area contributed by atoms with E-state index in [4.69, 9.17) is 0 Å². The van der Waals surface area contributed by atoms with E-state index in [2.05, 4.69) is 15.4 Å². The maximum Gasteiger partial charge on any atom is 0.234 e. The van der Waals surface area contributed by atoms with Crippen molar-refractivity contribution in [2.24, 2.45) is 7.05 Å². The molecule has 2 heterocycles.